The van der Waals surface area contributed by atoms with E-state index in [1.165, 1.54) is 14.2 Å². The second kappa shape index (κ2) is 19.5. The standard InChI is InChI=1S/C41H46BrNO13/c1-49-36(38(46)43-29(25-54-40(43)47)28-17-10-5-11-18-28)33-30(45)21-32(42)41(48,56-33)19-12-20-51-37-35(53-24-27-15-8-4-9-16-27)34(31(22-44)55-39(37)50-2)52-23-26-13-6-3-7-14-26/h3-11,13-18,21,29,31,33-37,39,44,48H,12,19-20,22-25H2,1-2H3. The van der Waals surface area contributed by atoms with Crippen LogP contribution in [-0.4, -0.2) is 116 Å². The van der Waals surface area contributed by atoms with E-state index in [1.54, 1.807) is 30.3 Å². The van der Waals surface area contributed by atoms with E-state index in [9.17, 15) is 24.6 Å². The zero-order valence-corrected chi connectivity index (χ0v) is 32.6. The Morgan fingerprint density at radius 1 is 0.893 bits per heavy atom. The van der Waals surface area contributed by atoms with E-state index in [4.69, 9.17) is 37.9 Å². The Labute approximate surface area is 333 Å². The topological polar surface area (TPSA) is 169 Å². The maximum atomic E-state index is 13.8. The summed E-state index contributed by atoms with van der Waals surface area (Å²) in [5.41, 5.74) is 2.49. The zero-order chi connectivity index (χ0) is 39.7. The van der Waals surface area contributed by atoms with Gasteiger partial charge in [0, 0.05) is 27.2 Å². The zero-order valence-electron chi connectivity index (χ0n) is 31.0. The molecule has 14 nitrogen and oxygen atoms in total. The largest absolute Gasteiger partial charge is 0.446 e. The molecule has 9 unspecified atom stereocenters. The van der Waals surface area contributed by atoms with Crippen molar-refractivity contribution < 1.29 is 62.5 Å². The number of amides is 2. The number of cyclic esters (lactones) is 1. The summed E-state index contributed by atoms with van der Waals surface area (Å²) in [7, 11) is 2.68. The second-order valence-corrected chi connectivity index (χ2v) is 14.4. The van der Waals surface area contributed by atoms with Crippen molar-refractivity contribution in [1.82, 2.24) is 4.90 Å². The van der Waals surface area contributed by atoms with E-state index in [0.29, 0.717) is 5.56 Å². The molecule has 0 aliphatic carbocycles. The third-order valence-corrected chi connectivity index (χ3v) is 10.7. The number of halogens is 1. The molecule has 3 heterocycles. The van der Waals surface area contributed by atoms with Crippen molar-refractivity contribution in [3.8, 4) is 0 Å². The number of ether oxygens (including phenoxy) is 8. The van der Waals surface area contributed by atoms with Gasteiger partial charge in [-0.1, -0.05) is 91.0 Å². The van der Waals surface area contributed by atoms with Crippen molar-refractivity contribution in [2.45, 2.75) is 80.8 Å². The van der Waals surface area contributed by atoms with Crippen LogP contribution < -0.4 is 0 Å². The molecule has 3 aromatic rings. The summed E-state index contributed by atoms with van der Waals surface area (Å²) in [6.07, 6.45) is -6.94. The first kappa shape index (κ1) is 41.8. The number of benzene rings is 3. The van der Waals surface area contributed by atoms with Crippen molar-refractivity contribution in [2.24, 2.45) is 0 Å². The lowest BCUT2D eigenvalue weighted by molar-refractivity contribution is -0.320. The number of nitrogens with zero attached hydrogens (tertiary/aromatic N) is 1. The number of hydrogen-bond donors (Lipinski definition) is 2. The normalized spacial score (nSPS) is 28.5. The minimum Gasteiger partial charge on any atom is -0.446 e. The van der Waals surface area contributed by atoms with E-state index < -0.39 is 72.5 Å². The van der Waals surface area contributed by atoms with Crippen LogP contribution in [0.2, 0.25) is 0 Å². The van der Waals surface area contributed by atoms with Crippen LogP contribution in [0.5, 0.6) is 0 Å². The smallest absolute Gasteiger partial charge is 0.417 e. The van der Waals surface area contributed by atoms with Crippen LogP contribution in [0.3, 0.4) is 0 Å². The molecule has 0 saturated carbocycles. The van der Waals surface area contributed by atoms with Gasteiger partial charge in [-0.15, -0.1) is 0 Å². The number of aliphatic hydroxyl groups excluding tert-OH is 1. The summed E-state index contributed by atoms with van der Waals surface area (Å²) >= 11 is 3.28. The van der Waals surface area contributed by atoms with Gasteiger partial charge in [-0.25, -0.2) is 9.69 Å². The summed E-state index contributed by atoms with van der Waals surface area (Å²) < 4.78 is 47.7. The molecule has 3 aliphatic rings. The van der Waals surface area contributed by atoms with Gasteiger partial charge in [0.2, 0.25) is 0 Å². The van der Waals surface area contributed by atoms with Crippen LogP contribution in [-0.2, 0) is 60.7 Å². The van der Waals surface area contributed by atoms with Gasteiger partial charge >= 0.3 is 6.09 Å². The van der Waals surface area contributed by atoms with E-state index in [-0.39, 0.29) is 50.4 Å². The Bertz CT molecular complexity index is 1780. The average molecular weight is 841 g/mol. The molecule has 56 heavy (non-hydrogen) atoms. The van der Waals surface area contributed by atoms with Gasteiger partial charge in [0.15, 0.2) is 30.1 Å². The highest BCUT2D eigenvalue weighted by atomic mass is 79.9. The number of hydrogen-bond acceptors (Lipinski definition) is 13. The molecule has 2 saturated heterocycles. The van der Waals surface area contributed by atoms with Gasteiger partial charge in [0.1, 0.15) is 37.1 Å². The quantitative estimate of drug-likeness (QED) is 0.184. The fourth-order valence-corrected chi connectivity index (χ4v) is 7.47. The lowest BCUT2D eigenvalue weighted by Crippen LogP contribution is -2.61. The number of imide groups is 1. The predicted octanol–water partition coefficient (Wildman–Crippen LogP) is 4.36. The van der Waals surface area contributed by atoms with Gasteiger partial charge in [0.25, 0.3) is 5.91 Å². The molecular weight excluding hydrogens is 794 g/mol. The molecule has 15 heteroatoms. The molecule has 0 aromatic heterocycles. The number of carbonyl (C=O) groups is 3. The first-order chi connectivity index (χ1) is 27.2. The maximum Gasteiger partial charge on any atom is 0.417 e. The van der Waals surface area contributed by atoms with Crippen LogP contribution in [0.25, 0.3) is 0 Å². The van der Waals surface area contributed by atoms with Crippen molar-refractivity contribution >= 4 is 33.7 Å². The van der Waals surface area contributed by atoms with E-state index >= 15 is 0 Å². The summed E-state index contributed by atoms with van der Waals surface area (Å²) in [6, 6.07) is 27.3. The summed E-state index contributed by atoms with van der Waals surface area (Å²) in [5.74, 6) is -3.57. The molecular formula is C41H46BrNO13. The second-order valence-electron chi connectivity index (χ2n) is 13.5. The molecule has 300 valence electrons. The highest BCUT2D eigenvalue weighted by Crippen LogP contribution is 2.38. The summed E-state index contributed by atoms with van der Waals surface area (Å²) in [4.78, 5) is 40.8. The van der Waals surface area contributed by atoms with Gasteiger partial charge in [0.05, 0.1) is 24.3 Å². The molecule has 2 amide bonds. The lowest BCUT2D eigenvalue weighted by Gasteiger charge is -2.45. The Balaban J connectivity index is 1.15. The average Bonchev–Trinajstić information content (AvgIpc) is 3.62. The molecule has 0 radical (unpaired) electrons. The lowest BCUT2D eigenvalue weighted by atomic mass is 9.97. The number of ketones is 1. The summed E-state index contributed by atoms with van der Waals surface area (Å²) in [5, 5.41) is 22.1. The highest BCUT2D eigenvalue weighted by Gasteiger charge is 2.51. The fourth-order valence-electron chi connectivity index (χ4n) is 6.96. The van der Waals surface area contributed by atoms with E-state index in [0.717, 1.165) is 22.1 Å². The maximum absolute atomic E-state index is 13.8. The number of aliphatic hydroxyl groups is 2. The summed E-state index contributed by atoms with van der Waals surface area (Å²) in [6.45, 7) is 0.0337. The minimum atomic E-state index is -2.07. The first-order valence-electron chi connectivity index (χ1n) is 18.3. The number of rotatable bonds is 17. The van der Waals surface area contributed by atoms with Crippen molar-refractivity contribution in [1.29, 1.82) is 0 Å². The van der Waals surface area contributed by atoms with Crippen LogP contribution in [0.1, 0.15) is 35.6 Å². The number of methoxy groups -OCH3 is 2. The fraction of sp³-hybridized carbons (Fsp3) is 0.439. The number of carbonyl (C=O) groups excluding carboxylic acids is 3. The van der Waals surface area contributed by atoms with Crippen molar-refractivity contribution in [2.75, 3.05) is 34.0 Å². The Morgan fingerprint density at radius 2 is 1.50 bits per heavy atom. The van der Waals surface area contributed by atoms with Crippen LogP contribution in [0.4, 0.5) is 4.79 Å². The highest BCUT2D eigenvalue weighted by molar-refractivity contribution is 9.11. The van der Waals surface area contributed by atoms with Crippen LogP contribution >= 0.6 is 15.9 Å². The Morgan fingerprint density at radius 3 is 2.09 bits per heavy atom. The van der Waals surface area contributed by atoms with Gasteiger partial charge in [-0.3, -0.25) is 9.59 Å². The molecule has 0 bridgehead atoms. The van der Waals surface area contributed by atoms with E-state index in [2.05, 4.69) is 15.9 Å². The van der Waals surface area contributed by atoms with Crippen molar-refractivity contribution in [3.05, 3.63) is 118 Å². The monoisotopic (exact) mass is 839 g/mol. The van der Waals surface area contributed by atoms with E-state index in [1.807, 2.05) is 60.7 Å². The van der Waals surface area contributed by atoms with Gasteiger partial charge < -0.3 is 48.1 Å². The SMILES string of the molecule is COC1OC(CO)C(OCc2ccccc2)C(OCc2ccccc2)C1OCCCC1(O)OC(C(OC)C(=O)N2C(=O)OCC2c2ccccc2)C(=O)C=C1Br. The molecule has 2 N–H and O–H groups in total. The molecule has 2 fully saturated rings. The third kappa shape index (κ3) is 9.62. The van der Waals surface area contributed by atoms with Gasteiger partial charge in [-0.2, -0.15) is 0 Å². The molecule has 0 spiro atoms. The van der Waals surface area contributed by atoms with Gasteiger partial charge in [-0.05, 0) is 45.1 Å². The molecule has 9 atom stereocenters. The van der Waals surface area contributed by atoms with Crippen LogP contribution in [0.15, 0.2) is 102 Å². The predicted molar refractivity (Wildman–Crippen MR) is 202 cm³/mol. The van der Waals surface area contributed by atoms with Crippen LogP contribution in [0, 0.1) is 0 Å². The molecule has 6 rings (SSSR count). The molecule has 3 aliphatic heterocycles. The third-order valence-electron chi connectivity index (χ3n) is 9.86. The Kier molecular flexibility index (Phi) is 14.6. The Hall–Kier alpha value is -3.87. The molecule has 3 aromatic carbocycles. The first-order valence-corrected chi connectivity index (χ1v) is 19.1. The minimum absolute atomic E-state index is 0.0316. The van der Waals surface area contributed by atoms with Crippen molar-refractivity contribution in [3.63, 3.8) is 0 Å².